The van der Waals surface area contributed by atoms with Crippen LogP contribution < -0.4 is 5.32 Å². The first-order chi connectivity index (χ1) is 7.17. The number of nitrogens with zero attached hydrogens (tertiary/aromatic N) is 1. The molecule has 1 atom stereocenters. The van der Waals surface area contributed by atoms with Gasteiger partial charge in [-0.1, -0.05) is 6.92 Å². The third-order valence-electron chi connectivity index (χ3n) is 1.88. The van der Waals surface area contributed by atoms with E-state index in [0.29, 0.717) is 10.6 Å². The van der Waals surface area contributed by atoms with Crippen LogP contribution >= 0.6 is 11.3 Å². The molecule has 0 radical (unpaired) electrons. The minimum absolute atomic E-state index is 0.115. The van der Waals surface area contributed by atoms with Gasteiger partial charge in [-0.15, -0.1) is 11.3 Å². The number of nitriles is 1. The molecule has 0 fully saturated rings. The zero-order valence-electron chi connectivity index (χ0n) is 8.61. The van der Waals surface area contributed by atoms with E-state index in [1.807, 2.05) is 19.9 Å². The third kappa shape index (κ3) is 3.26. The summed E-state index contributed by atoms with van der Waals surface area (Å²) in [5, 5.41) is 13.5. The van der Waals surface area contributed by atoms with Gasteiger partial charge in [-0.05, 0) is 24.8 Å². The van der Waals surface area contributed by atoms with Gasteiger partial charge in [-0.3, -0.25) is 5.32 Å². The second kappa shape index (κ2) is 5.37. The quantitative estimate of drug-likeness (QED) is 0.858. The summed E-state index contributed by atoms with van der Waals surface area (Å²) in [5.74, 6) is 0. The number of thiophene rings is 1. The predicted octanol–water partition coefficient (Wildman–Crippen LogP) is 2.97. The van der Waals surface area contributed by atoms with Gasteiger partial charge in [-0.2, -0.15) is 5.26 Å². The predicted molar refractivity (Wildman–Crippen MR) is 58.9 cm³/mol. The zero-order valence-corrected chi connectivity index (χ0v) is 9.43. The number of carbonyl (C=O) groups excluding carboxylic acids is 1. The number of amides is 1. The van der Waals surface area contributed by atoms with Crippen LogP contribution in [0.15, 0.2) is 11.4 Å². The van der Waals surface area contributed by atoms with Crippen LogP contribution in [0, 0.1) is 11.3 Å². The molecule has 0 aliphatic rings. The highest BCUT2D eigenvalue weighted by molar-refractivity contribution is 7.14. The van der Waals surface area contributed by atoms with E-state index in [1.54, 1.807) is 11.4 Å². The minimum atomic E-state index is -0.511. The molecule has 15 heavy (non-hydrogen) atoms. The maximum absolute atomic E-state index is 11.3. The Bertz CT molecular complexity index is 381. The molecule has 1 N–H and O–H groups in total. The van der Waals surface area contributed by atoms with Crippen LogP contribution in [0.5, 0.6) is 0 Å². The minimum Gasteiger partial charge on any atom is -0.446 e. The van der Waals surface area contributed by atoms with Crippen molar-refractivity contribution in [3.63, 3.8) is 0 Å². The molecule has 0 aliphatic carbocycles. The standard InChI is InChI=1S/C10H12N2O2S/c1-3-7(2)14-10(13)12-9-8(6-11)4-5-15-9/h4-5,7H,3H2,1-2H3,(H,12,13). The van der Waals surface area contributed by atoms with Crippen LogP contribution in [0.4, 0.5) is 9.80 Å². The first-order valence-electron chi connectivity index (χ1n) is 4.62. The summed E-state index contributed by atoms with van der Waals surface area (Å²) in [6.45, 7) is 3.75. The van der Waals surface area contributed by atoms with E-state index in [9.17, 15) is 4.79 Å². The lowest BCUT2D eigenvalue weighted by Crippen LogP contribution is -2.19. The van der Waals surface area contributed by atoms with Gasteiger partial charge < -0.3 is 4.74 Å². The molecule has 1 unspecified atom stereocenters. The van der Waals surface area contributed by atoms with Gasteiger partial charge in [-0.25, -0.2) is 4.79 Å². The van der Waals surface area contributed by atoms with Crippen molar-refractivity contribution in [2.45, 2.75) is 26.4 Å². The normalized spacial score (nSPS) is 11.5. The Morgan fingerprint density at radius 3 is 3.13 bits per heavy atom. The molecule has 0 saturated carbocycles. The number of hydrogen-bond acceptors (Lipinski definition) is 4. The van der Waals surface area contributed by atoms with E-state index in [-0.39, 0.29) is 6.10 Å². The summed E-state index contributed by atoms with van der Waals surface area (Å²) in [4.78, 5) is 11.3. The van der Waals surface area contributed by atoms with Gasteiger partial charge in [0.25, 0.3) is 0 Å². The van der Waals surface area contributed by atoms with Crippen LogP contribution in [0.1, 0.15) is 25.8 Å². The van der Waals surface area contributed by atoms with E-state index in [1.165, 1.54) is 11.3 Å². The van der Waals surface area contributed by atoms with E-state index < -0.39 is 6.09 Å². The molecule has 1 amide bonds. The lowest BCUT2D eigenvalue weighted by atomic mass is 10.3. The molecule has 1 rings (SSSR count). The van der Waals surface area contributed by atoms with Crippen LogP contribution in [-0.2, 0) is 4.74 Å². The zero-order chi connectivity index (χ0) is 11.3. The maximum Gasteiger partial charge on any atom is 0.412 e. The Morgan fingerprint density at radius 1 is 1.80 bits per heavy atom. The molecular weight excluding hydrogens is 212 g/mol. The highest BCUT2D eigenvalue weighted by Crippen LogP contribution is 2.22. The summed E-state index contributed by atoms with van der Waals surface area (Å²) in [6, 6.07) is 3.64. The number of nitrogens with one attached hydrogen (secondary N) is 1. The number of hydrogen-bond donors (Lipinski definition) is 1. The van der Waals surface area contributed by atoms with Crippen molar-refractivity contribution in [2.24, 2.45) is 0 Å². The molecular formula is C10H12N2O2S. The Labute approximate surface area is 92.5 Å². The fraction of sp³-hybridized carbons (Fsp3) is 0.400. The first kappa shape index (κ1) is 11.5. The fourth-order valence-corrected chi connectivity index (χ4v) is 1.61. The van der Waals surface area contributed by atoms with Crippen molar-refractivity contribution in [3.05, 3.63) is 17.0 Å². The lowest BCUT2D eigenvalue weighted by molar-refractivity contribution is 0.118. The second-order valence-electron chi connectivity index (χ2n) is 3.02. The molecule has 0 saturated heterocycles. The van der Waals surface area contributed by atoms with Crippen LogP contribution in [0.2, 0.25) is 0 Å². The van der Waals surface area contributed by atoms with Gasteiger partial charge in [0.2, 0.25) is 0 Å². The van der Waals surface area contributed by atoms with Crippen molar-refractivity contribution in [1.29, 1.82) is 5.26 Å². The average Bonchev–Trinajstić information content (AvgIpc) is 2.64. The van der Waals surface area contributed by atoms with Crippen molar-refractivity contribution in [1.82, 2.24) is 0 Å². The molecule has 0 spiro atoms. The average molecular weight is 224 g/mol. The lowest BCUT2D eigenvalue weighted by Gasteiger charge is -2.10. The smallest absolute Gasteiger partial charge is 0.412 e. The SMILES string of the molecule is CCC(C)OC(=O)Nc1sccc1C#N. The molecule has 5 heteroatoms. The van der Waals surface area contributed by atoms with E-state index in [2.05, 4.69) is 5.32 Å². The maximum atomic E-state index is 11.3. The summed E-state index contributed by atoms with van der Waals surface area (Å²) in [7, 11) is 0. The van der Waals surface area contributed by atoms with Crippen molar-refractivity contribution in [2.75, 3.05) is 5.32 Å². The Morgan fingerprint density at radius 2 is 2.53 bits per heavy atom. The summed E-state index contributed by atoms with van der Waals surface area (Å²) in [5.41, 5.74) is 0.459. The Balaban J connectivity index is 2.56. The van der Waals surface area contributed by atoms with E-state index in [0.717, 1.165) is 6.42 Å². The molecule has 0 bridgehead atoms. The Hall–Kier alpha value is -1.54. The van der Waals surface area contributed by atoms with Gasteiger partial charge in [0.05, 0.1) is 5.56 Å². The molecule has 1 aromatic rings. The topological polar surface area (TPSA) is 62.1 Å². The molecule has 1 heterocycles. The van der Waals surface area contributed by atoms with Crippen LogP contribution in [-0.4, -0.2) is 12.2 Å². The van der Waals surface area contributed by atoms with Gasteiger partial charge >= 0.3 is 6.09 Å². The van der Waals surface area contributed by atoms with Crippen LogP contribution in [0.3, 0.4) is 0 Å². The third-order valence-corrected chi connectivity index (χ3v) is 2.71. The molecule has 1 aromatic heterocycles. The summed E-state index contributed by atoms with van der Waals surface area (Å²) in [6.07, 6.45) is 0.141. The molecule has 80 valence electrons. The van der Waals surface area contributed by atoms with Gasteiger partial charge in [0, 0.05) is 0 Å². The number of carbonyl (C=O) groups is 1. The molecule has 0 aromatic carbocycles. The first-order valence-corrected chi connectivity index (χ1v) is 5.50. The van der Waals surface area contributed by atoms with E-state index in [4.69, 9.17) is 10.00 Å². The highest BCUT2D eigenvalue weighted by atomic mass is 32.1. The molecule has 0 aliphatic heterocycles. The van der Waals surface area contributed by atoms with E-state index >= 15 is 0 Å². The largest absolute Gasteiger partial charge is 0.446 e. The number of rotatable bonds is 3. The van der Waals surface area contributed by atoms with Crippen LogP contribution in [0.25, 0.3) is 0 Å². The number of anilines is 1. The second-order valence-corrected chi connectivity index (χ2v) is 3.94. The van der Waals surface area contributed by atoms with Crippen molar-refractivity contribution >= 4 is 22.4 Å². The summed E-state index contributed by atoms with van der Waals surface area (Å²) >= 11 is 1.30. The van der Waals surface area contributed by atoms with Crippen molar-refractivity contribution < 1.29 is 9.53 Å². The Kier molecular flexibility index (Phi) is 4.13. The van der Waals surface area contributed by atoms with Gasteiger partial charge in [0.1, 0.15) is 17.2 Å². The highest BCUT2D eigenvalue weighted by Gasteiger charge is 2.11. The van der Waals surface area contributed by atoms with Gasteiger partial charge in [0.15, 0.2) is 0 Å². The summed E-state index contributed by atoms with van der Waals surface area (Å²) < 4.78 is 5.02. The monoisotopic (exact) mass is 224 g/mol. The molecule has 4 nitrogen and oxygen atoms in total. The fourth-order valence-electron chi connectivity index (χ4n) is 0.882. The number of ether oxygens (including phenoxy) is 1. The van der Waals surface area contributed by atoms with Crippen molar-refractivity contribution in [3.8, 4) is 6.07 Å².